The summed E-state index contributed by atoms with van der Waals surface area (Å²) in [4.78, 5) is 13.1. The Hall–Kier alpha value is -4.45. The van der Waals surface area contributed by atoms with Crippen molar-refractivity contribution < 1.29 is 23.0 Å². The van der Waals surface area contributed by atoms with Crippen LogP contribution in [0, 0.1) is 11.6 Å². The van der Waals surface area contributed by atoms with E-state index in [0.29, 0.717) is 28.3 Å². The van der Waals surface area contributed by atoms with Crippen molar-refractivity contribution in [1.82, 2.24) is 0 Å². The fraction of sp³-hybridized carbons (Fsp3) is 0.100. The molecule has 2 aliphatic heterocycles. The summed E-state index contributed by atoms with van der Waals surface area (Å²) in [6, 6.07) is 20.1. The van der Waals surface area contributed by atoms with E-state index >= 15 is 0 Å². The number of ether oxygens (including phenoxy) is 2. The van der Waals surface area contributed by atoms with Gasteiger partial charge in [-0.1, -0.05) is 36.4 Å². The number of carbonyl (C=O) groups excluding carboxylic acids is 1. The zero-order chi connectivity index (χ0) is 24.4. The summed E-state index contributed by atoms with van der Waals surface area (Å²) in [5, 5.41) is 3.04. The number of hydrogen-bond acceptors (Lipinski definition) is 4. The first kappa shape index (κ1) is 20.9. The highest BCUT2D eigenvalue weighted by Gasteiger charge is 2.54. The minimum Gasteiger partial charge on any atom is -0.456 e. The number of aryl methyl sites for hydroxylation is 1. The van der Waals surface area contributed by atoms with E-state index in [9.17, 15) is 13.6 Å². The van der Waals surface area contributed by atoms with Crippen LogP contribution < -0.4 is 10.1 Å². The van der Waals surface area contributed by atoms with E-state index in [1.54, 1.807) is 18.2 Å². The Balaban J connectivity index is 1.45. The molecule has 1 aliphatic carbocycles. The Morgan fingerprint density at radius 2 is 1.67 bits per heavy atom. The summed E-state index contributed by atoms with van der Waals surface area (Å²) < 4.78 is 40.1. The third-order valence-corrected chi connectivity index (χ3v) is 7.02. The quantitative estimate of drug-likeness (QED) is 0.308. The summed E-state index contributed by atoms with van der Waals surface area (Å²) in [5.41, 5.74) is 4.65. The maximum Gasteiger partial charge on any atom is 0.340 e. The van der Waals surface area contributed by atoms with Gasteiger partial charge in [0.1, 0.15) is 23.1 Å². The number of anilines is 2. The molecule has 4 aromatic carbocycles. The van der Waals surface area contributed by atoms with Gasteiger partial charge in [0.05, 0.1) is 11.1 Å². The Morgan fingerprint density at radius 3 is 2.53 bits per heavy atom. The van der Waals surface area contributed by atoms with Gasteiger partial charge in [-0.05, 0) is 60.4 Å². The van der Waals surface area contributed by atoms with E-state index in [0.717, 1.165) is 35.6 Å². The third-order valence-electron chi connectivity index (χ3n) is 7.02. The van der Waals surface area contributed by atoms with Crippen LogP contribution in [0.4, 0.5) is 20.2 Å². The second-order valence-corrected chi connectivity index (χ2v) is 9.16. The van der Waals surface area contributed by atoms with E-state index in [1.807, 2.05) is 30.3 Å². The molecule has 0 saturated heterocycles. The van der Waals surface area contributed by atoms with Crippen molar-refractivity contribution >= 4 is 23.4 Å². The van der Waals surface area contributed by atoms with Crippen LogP contribution in [-0.4, -0.2) is 5.97 Å². The maximum atomic E-state index is 13.7. The smallest absolute Gasteiger partial charge is 0.340 e. The lowest BCUT2D eigenvalue weighted by Crippen LogP contribution is -2.34. The zero-order valence-corrected chi connectivity index (χ0v) is 19.0. The number of halogens is 2. The first-order chi connectivity index (χ1) is 17.5. The Bertz CT molecular complexity index is 1610. The number of benzene rings is 4. The van der Waals surface area contributed by atoms with Gasteiger partial charge >= 0.3 is 5.97 Å². The van der Waals surface area contributed by atoms with Crippen LogP contribution in [0.1, 0.15) is 44.6 Å². The average Bonchev–Trinajstić information content (AvgIpc) is 3.16. The van der Waals surface area contributed by atoms with Crippen LogP contribution in [-0.2, 0) is 16.8 Å². The molecule has 1 unspecified atom stereocenters. The first-order valence-electron chi connectivity index (χ1n) is 11.7. The molecular formula is C30H19F2NO3. The highest BCUT2D eigenvalue weighted by atomic mass is 19.1. The van der Waals surface area contributed by atoms with E-state index < -0.39 is 17.2 Å². The van der Waals surface area contributed by atoms with Gasteiger partial charge in [0.15, 0.2) is 5.60 Å². The van der Waals surface area contributed by atoms with Crippen LogP contribution in [0.15, 0.2) is 78.9 Å². The highest BCUT2D eigenvalue weighted by molar-refractivity contribution is 5.97. The molecule has 6 heteroatoms. The van der Waals surface area contributed by atoms with Crippen LogP contribution in [0.3, 0.4) is 0 Å². The molecule has 4 aromatic rings. The molecule has 7 rings (SSSR count). The maximum absolute atomic E-state index is 13.7. The number of esters is 1. The van der Waals surface area contributed by atoms with Crippen molar-refractivity contribution in [3.63, 3.8) is 0 Å². The van der Waals surface area contributed by atoms with Gasteiger partial charge in [0.25, 0.3) is 0 Å². The number of hydrogen-bond donors (Lipinski definition) is 1. The Kier molecular flexibility index (Phi) is 4.36. The molecule has 3 aliphatic rings. The van der Waals surface area contributed by atoms with Crippen molar-refractivity contribution in [2.75, 3.05) is 5.32 Å². The van der Waals surface area contributed by atoms with Gasteiger partial charge < -0.3 is 14.8 Å². The number of allylic oxidation sites excluding steroid dienone is 1. The van der Waals surface area contributed by atoms with Gasteiger partial charge in [0, 0.05) is 34.6 Å². The second kappa shape index (κ2) is 7.52. The van der Waals surface area contributed by atoms with Crippen molar-refractivity contribution in [3.8, 4) is 11.5 Å². The van der Waals surface area contributed by atoms with E-state index in [-0.39, 0.29) is 11.7 Å². The van der Waals surface area contributed by atoms with Crippen LogP contribution >= 0.6 is 0 Å². The van der Waals surface area contributed by atoms with Gasteiger partial charge in [-0.15, -0.1) is 0 Å². The number of fused-ring (bicyclic) bond motifs is 8. The van der Waals surface area contributed by atoms with E-state index in [2.05, 4.69) is 23.5 Å². The van der Waals surface area contributed by atoms with Gasteiger partial charge in [-0.25, -0.2) is 13.6 Å². The molecule has 0 amide bonds. The molecule has 4 nitrogen and oxygen atoms in total. The fourth-order valence-corrected chi connectivity index (χ4v) is 5.56. The lowest BCUT2D eigenvalue weighted by molar-refractivity contribution is 0.0223. The van der Waals surface area contributed by atoms with Crippen LogP contribution in [0.25, 0.3) is 6.08 Å². The predicted octanol–water partition coefficient (Wildman–Crippen LogP) is 7.24. The SMILES string of the molecule is O=C1OC2(c3ccc(Nc4cc(F)cc(F)c4)cc3Oc3ccc4c(c32)C=CCC4)c2ccccc21. The lowest BCUT2D eigenvalue weighted by Gasteiger charge is -2.38. The molecule has 0 fully saturated rings. The molecular weight excluding hydrogens is 460 g/mol. The summed E-state index contributed by atoms with van der Waals surface area (Å²) >= 11 is 0. The number of rotatable bonds is 2. The van der Waals surface area contributed by atoms with Crippen molar-refractivity contribution in [2.45, 2.75) is 18.4 Å². The second-order valence-electron chi connectivity index (χ2n) is 9.16. The van der Waals surface area contributed by atoms with Crippen molar-refractivity contribution in [1.29, 1.82) is 0 Å². The molecule has 0 radical (unpaired) electrons. The van der Waals surface area contributed by atoms with Crippen LogP contribution in [0.5, 0.6) is 11.5 Å². The fourth-order valence-electron chi connectivity index (χ4n) is 5.56. The third kappa shape index (κ3) is 2.94. The minimum absolute atomic E-state index is 0.273. The van der Waals surface area contributed by atoms with Crippen LogP contribution in [0.2, 0.25) is 0 Å². The monoisotopic (exact) mass is 479 g/mol. The molecule has 1 atom stereocenters. The molecule has 176 valence electrons. The molecule has 0 saturated carbocycles. The number of carbonyl (C=O) groups is 1. The lowest BCUT2D eigenvalue weighted by atomic mass is 9.74. The summed E-state index contributed by atoms with van der Waals surface area (Å²) in [5.74, 6) is -0.641. The summed E-state index contributed by atoms with van der Waals surface area (Å²) in [6.07, 6.45) is 6.05. The van der Waals surface area contributed by atoms with Gasteiger partial charge in [0.2, 0.25) is 0 Å². The summed E-state index contributed by atoms with van der Waals surface area (Å²) in [7, 11) is 0. The average molecular weight is 479 g/mol. The largest absolute Gasteiger partial charge is 0.456 e. The van der Waals surface area contributed by atoms with Crippen molar-refractivity contribution in [3.05, 3.63) is 124 Å². The number of nitrogens with one attached hydrogen (secondary N) is 1. The molecule has 0 aromatic heterocycles. The first-order valence-corrected chi connectivity index (χ1v) is 11.7. The normalized spacial score (nSPS) is 18.6. The minimum atomic E-state index is -1.17. The zero-order valence-electron chi connectivity index (χ0n) is 19.0. The van der Waals surface area contributed by atoms with E-state index in [4.69, 9.17) is 9.47 Å². The predicted molar refractivity (Wildman–Crippen MR) is 132 cm³/mol. The topological polar surface area (TPSA) is 47.6 Å². The highest BCUT2D eigenvalue weighted by Crippen LogP contribution is 2.58. The van der Waals surface area contributed by atoms with Crippen molar-refractivity contribution in [2.24, 2.45) is 0 Å². The van der Waals surface area contributed by atoms with Gasteiger partial charge in [-0.3, -0.25) is 0 Å². The van der Waals surface area contributed by atoms with E-state index in [1.165, 1.54) is 17.7 Å². The molecule has 36 heavy (non-hydrogen) atoms. The molecule has 1 spiro atoms. The molecule has 1 N–H and O–H groups in total. The Morgan fingerprint density at radius 1 is 0.833 bits per heavy atom. The molecule has 2 heterocycles. The standard InChI is InChI=1S/C30H19F2NO3/c31-18-13-19(32)15-21(14-18)33-20-10-11-25-27(16-20)35-26-12-9-17-5-1-2-6-22(17)28(26)30(25)24-8-4-3-7-23(24)29(34)36-30/h2-4,6-16,33H,1,5H2. The van der Waals surface area contributed by atoms with Gasteiger partial charge in [-0.2, -0.15) is 0 Å². The summed E-state index contributed by atoms with van der Waals surface area (Å²) in [6.45, 7) is 0. The molecule has 0 bridgehead atoms. The Labute approximate surface area is 205 Å².